The summed E-state index contributed by atoms with van der Waals surface area (Å²) in [6, 6.07) is 19.5. The van der Waals surface area contributed by atoms with E-state index in [1.165, 1.54) is 55.2 Å². The Hall–Kier alpha value is -2.85. The normalized spacial score (nSPS) is 24.5. The van der Waals surface area contributed by atoms with Gasteiger partial charge in [-0.15, -0.1) is 0 Å². The lowest BCUT2D eigenvalue weighted by atomic mass is 9.54. The molecule has 2 N–H and O–H groups in total. The van der Waals surface area contributed by atoms with Crippen LogP contribution in [0.2, 0.25) is 0 Å². The summed E-state index contributed by atoms with van der Waals surface area (Å²) in [4.78, 5) is 12.7. The smallest absolute Gasteiger partial charge is 0.251 e. The molecule has 0 radical (unpaired) electrons. The van der Waals surface area contributed by atoms with E-state index in [4.69, 9.17) is 4.74 Å². The van der Waals surface area contributed by atoms with Crippen LogP contribution in [0.15, 0.2) is 54.6 Å². The minimum atomic E-state index is -0.0174. The van der Waals surface area contributed by atoms with Crippen molar-refractivity contribution < 1.29 is 9.53 Å². The molecule has 1 amide bonds. The molecule has 5 rings (SSSR count). The molecular weight excluding hydrogens is 480 g/mol. The first-order valence-corrected chi connectivity index (χ1v) is 15.2. The standard InChI is InChI=1S/C35H46N2O2/c1-5-13-36-14-15-37-34(38)31-10-9-27-18-28(7-8-29(27)19-31)30-11-12-33(39-4)32(20-30)35-21-24(3)16-26(23-35)17-25(6-2)22-35/h7-12,18-20,24-26,36H,5-6,13-17,21-23H2,1-4H3,(H,37,38). The molecule has 2 saturated carbocycles. The minimum Gasteiger partial charge on any atom is -0.496 e. The van der Waals surface area contributed by atoms with Crippen molar-refractivity contribution in [3.63, 3.8) is 0 Å². The summed E-state index contributed by atoms with van der Waals surface area (Å²) in [6.07, 6.45) is 8.97. The molecule has 0 saturated heterocycles. The molecule has 0 spiro atoms. The van der Waals surface area contributed by atoms with E-state index in [1.54, 1.807) is 0 Å². The fraction of sp³-hybridized carbons (Fsp3) is 0.514. The number of benzene rings is 3. The van der Waals surface area contributed by atoms with Crippen LogP contribution in [0, 0.1) is 17.8 Å². The molecule has 0 aromatic heterocycles. The Morgan fingerprint density at radius 2 is 1.67 bits per heavy atom. The van der Waals surface area contributed by atoms with E-state index in [0.29, 0.717) is 12.1 Å². The van der Waals surface area contributed by atoms with Crippen molar-refractivity contribution in [2.75, 3.05) is 26.7 Å². The molecule has 3 aromatic carbocycles. The predicted molar refractivity (Wildman–Crippen MR) is 163 cm³/mol. The molecule has 4 heteroatoms. The van der Waals surface area contributed by atoms with Gasteiger partial charge in [-0.05, 0) is 120 Å². The molecule has 4 nitrogen and oxygen atoms in total. The molecule has 2 bridgehead atoms. The van der Waals surface area contributed by atoms with Crippen LogP contribution in [0.25, 0.3) is 21.9 Å². The fourth-order valence-corrected chi connectivity index (χ4v) is 7.67. The summed E-state index contributed by atoms with van der Waals surface area (Å²) >= 11 is 0. The van der Waals surface area contributed by atoms with Crippen LogP contribution in [0.1, 0.15) is 81.6 Å². The first-order valence-electron chi connectivity index (χ1n) is 15.2. The Balaban J connectivity index is 1.41. The molecule has 0 aliphatic heterocycles. The van der Waals surface area contributed by atoms with Gasteiger partial charge < -0.3 is 15.4 Å². The highest BCUT2D eigenvalue weighted by Crippen LogP contribution is 2.56. The number of hydrogen-bond acceptors (Lipinski definition) is 3. The zero-order valence-corrected chi connectivity index (χ0v) is 24.3. The van der Waals surface area contributed by atoms with Crippen molar-refractivity contribution in [1.29, 1.82) is 0 Å². The van der Waals surface area contributed by atoms with Gasteiger partial charge in [-0.2, -0.15) is 0 Å². The second-order valence-corrected chi connectivity index (χ2v) is 12.3. The van der Waals surface area contributed by atoms with Gasteiger partial charge in [0.2, 0.25) is 0 Å². The maximum absolute atomic E-state index is 12.7. The number of methoxy groups -OCH3 is 1. The summed E-state index contributed by atoms with van der Waals surface area (Å²) in [7, 11) is 1.82. The molecule has 208 valence electrons. The van der Waals surface area contributed by atoms with Crippen LogP contribution >= 0.6 is 0 Å². The lowest BCUT2D eigenvalue weighted by molar-refractivity contribution is 0.0686. The quantitative estimate of drug-likeness (QED) is 0.266. The Morgan fingerprint density at radius 1 is 0.897 bits per heavy atom. The number of hydrogen-bond donors (Lipinski definition) is 2. The average Bonchev–Trinajstić information content (AvgIpc) is 2.95. The second kappa shape index (κ2) is 12.1. The van der Waals surface area contributed by atoms with Gasteiger partial charge in [-0.1, -0.05) is 51.5 Å². The van der Waals surface area contributed by atoms with Crippen LogP contribution in [-0.2, 0) is 5.41 Å². The van der Waals surface area contributed by atoms with Crippen LogP contribution in [-0.4, -0.2) is 32.7 Å². The largest absolute Gasteiger partial charge is 0.496 e. The molecule has 39 heavy (non-hydrogen) atoms. The van der Waals surface area contributed by atoms with E-state index in [0.717, 1.165) is 53.8 Å². The van der Waals surface area contributed by atoms with E-state index in [-0.39, 0.29) is 11.3 Å². The third-order valence-corrected chi connectivity index (χ3v) is 9.30. The molecule has 3 aromatic rings. The first-order chi connectivity index (χ1) is 18.9. The summed E-state index contributed by atoms with van der Waals surface area (Å²) in [5, 5.41) is 8.58. The average molecular weight is 527 g/mol. The van der Waals surface area contributed by atoms with Crippen LogP contribution in [0.4, 0.5) is 0 Å². The van der Waals surface area contributed by atoms with Crippen LogP contribution < -0.4 is 15.4 Å². The second-order valence-electron chi connectivity index (χ2n) is 12.3. The number of amides is 1. The highest BCUT2D eigenvalue weighted by molar-refractivity contribution is 5.99. The number of fused-ring (bicyclic) bond motifs is 3. The third-order valence-electron chi connectivity index (χ3n) is 9.30. The summed E-state index contributed by atoms with van der Waals surface area (Å²) in [6.45, 7) is 9.36. The van der Waals surface area contributed by atoms with Crippen LogP contribution in [0.5, 0.6) is 5.75 Å². The molecule has 2 fully saturated rings. The number of carbonyl (C=O) groups excluding carboxylic acids is 1. The number of rotatable bonds is 10. The highest BCUT2D eigenvalue weighted by atomic mass is 16.5. The topological polar surface area (TPSA) is 50.4 Å². The highest BCUT2D eigenvalue weighted by Gasteiger charge is 2.47. The van der Waals surface area contributed by atoms with Gasteiger partial charge >= 0.3 is 0 Å². The number of nitrogens with one attached hydrogen (secondary N) is 2. The lowest BCUT2D eigenvalue weighted by Crippen LogP contribution is -2.43. The van der Waals surface area contributed by atoms with Crippen molar-refractivity contribution in [1.82, 2.24) is 10.6 Å². The van der Waals surface area contributed by atoms with E-state index in [9.17, 15) is 4.79 Å². The molecule has 4 atom stereocenters. The zero-order valence-electron chi connectivity index (χ0n) is 24.3. The summed E-state index contributed by atoms with van der Waals surface area (Å²) in [5.74, 6) is 3.43. The van der Waals surface area contributed by atoms with E-state index < -0.39 is 0 Å². The number of ether oxygens (including phenoxy) is 1. The maximum Gasteiger partial charge on any atom is 0.251 e. The Labute approximate surface area is 234 Å². The van der Waals surface area contributed by atoms with Gasteiger partial charge in [0.05, 0.1) is 7.11 Å². The van der Waals surface area contributed by atoms with Crippen molar-refractivity contribution in [3.8, 4) is 16.9 Å². The SMILES string of the molecule is CCCNCCNC(=O)c1ccc2cc(-c3ccc(OC)c(C45CC(C)CC(CC(CC)C4)C5)c3)ccc2c1. The van der Waals surface area contributed by atoms with Crippen LogP contribution in [0.3, 0.4) is 0 Å². The molecule has 0 heterocycles. The van der Waals surface area contributed by atoms with Crippen molar-refractivity contribution in [3.05, 3.63) is 65.7 Å². The van der Waals surface area contributed by atoms with Gasteiger partial charge in [0, 0.05) is 24.2 Å². The van der Waals surface area contributed by atoms with Gasteiger partial charge in [0.1, 0.15) is 5.75 Å². The lowest BCUT2D eigenvalue weighted by Gasteiger charge is -2.51. The Morgan fingerprint density at radius 3 is 2.46 bits per heavy atom. The van der Waals surface area contributed by atoms with Crippen molar-refractivity contribution >= 4 is 16.7 Å². The third kappa shape index (κ3) is 6.01. The summed E-state index contributed by atoms with van der Waals surface area (Å²) < 4.78 is 5.99. The maximum atomic E-state index is 12.7. The zero-order chi connectivity index (χ0) is 27.4. The van der Waals surface area contributed by atoms with Crippen molar-refractivity contribution in [2.45, 2.75) is 71.1 Å². The molecular formula is C35H46N2O2. The predicted octanol–water partition coefficient (Wildman–Crippen LogP) is 7.74. The fourth-order valence-electron chi connectivity index (χ4n) is 7.67. The minimum absolute atomic E-state index is 0.0174. The van der Waals surface area contributed by atoms with Gasteiger partial charge in [0.25, 0.3) is 5.91 Å². The van der Waals surface area contributed by atoms with Crippen molar-refractivity contribution in [2.24, 2.45) is 17.8 Å². The van der Waals surface area contributed by atoms with Gasteiger partial charge in [0.15, 0.2) is 0 Å². The Kier molecular flexibility index (Phi) is 8.61. The molecule has 2 aliphatic rings. The number of carbonyl (C=O) groups is 1. The first kappa shape index (κ1) is 27.7. The van der Waals surface area contributed by atoms with E-state index in [2.05, 4.69) is 73.9 Å². The van der Waals surface area contributed by atoms with E-state index >= 15 is 0 Å². The Bertz CT molecular complexity index is 1300. The monoisotopic (exact) mass is 526 g/mol. The summed E-state index contributed by atoms with van der Waals surface area (Å²) in [5.41, 5.74) is 4.80. The van der Waals surface area contributed by atoms with E-state index in [1.807, 2.05) is 19.2 Å². The molecule has 2 aliphatic carbocycles. The molecule has 4 unspecified atom stereocenters. The van der Waals surface area contributed by atoms with Gasteiger partial charge in [-0.3, -0.25) is 4.79 Å². The van der Waals surface area contributed by atoms with Gasteiger partial charge in [-0.25, -0.2) is 0 Å².